The zero-order valence-electron chi connectivity index (χ0n) is 10.7. The van der Waals surface area contributed by atoms with Gasteiger partial charge in [-0.3, -0.25) is 15.0 Å². The molecule has 0 saturated carbocycles. The van der Waals surface area contributed by atoms with Crippen molar-refractivity contribution in [3.8, 4) is 0 Å². The predicted molar refractivity (Wildman–Crippen MR) is 65.9 cm³/mol. The highest BCUT2D eigenvalue weighted by molar-refractivity contribution is 5.34. The van der Waals surface area contributed by atoms with Crippen LogP contribution in [0.25, 0.3) is 0 Å². The SMILES string of the molecule is COCC(C)N(C)Cc1ccc([N+](=O)[O-])c(F)c1. The number of ether oxygens (including phenoxy) is 1. The molecule has 100 valence electrons. The van der Waals surface area contributed by atoms with Crippen LogP contribution < -0.4 is 0 Å². The second-order valence-corrected chi connectivity index (χ2v) is 4.26. The number of halogens is 1. The van der Waals surface area contributed by atoms with Crippen molar-refractivity contribution in [3.63, 3.8) is 0 Å². The van der Waals surface area contributed by atoms with Crippen LogP contribution in [0.2, 0.25) is 0 Å². The van der Waals surface area contributed by atoms with Crippen LogP contribution in [0, 0.1) is 15.9 Å². The highest BCUT2D eigenvalue weighted by Gasteiger charge is 2.15. The molecule has 0 aliphatic carbocycles. The Balaban J connectivity index is 2.74. The Bertz CT molecular complexity index is 426. The topological polar surface area (TPSA) is 55.6 Å². The Morgan fingerprint density at radius 2 is 2.22 bits per heavy atom. The Kier molecular flexibility index (Phi) is 5.18. The quantitative estimate of drug-likeness (QED) is 0.578. The van der Waals surface area contributed by atoms with Crippen LogP contribution in [0.5, 0.6) is 0 Å². The van der Waals surface area contributed by atoms with Gasteiger partial charge in [0.05, 0.1) is 11.5 Å². The van der Waals surface area contributed by atoms with Crippen LogP contribution in [0.3, 0.4) is 0 Å². The standard InChI is InChI=1S/C12H17FN2O3/c1-9(8-18-3)14(2)7-10-4-5-12(15(16)17)11(13)6-10/h4-6,9H,7-8H2,1-3H3. The number of hydrogen-bond donors (Lipinski definition) is 0. The summed E-state index contributed by atoms with van der Waals surface area (Å²) >= 11 is 0. The lowest BCUT2D eigenvalue weighted by Gasteiger charge is -2.23. The molecule has 0 aliphatic rings. The molecule has 1 aromatic rings. The van der Waals surface area contributed by atoms with Gasteiger partial charge >= 0.3 is 5.69 Å². The molecular formula is C12H17FN2O3. The van der Waals surface area contributed by atoms with Gasteiger partial charge in [-0.25, -0.2) is 0 Å². The van der Waals surface area contributed by atoms with Crippen molar-refractivity contribution in [3.05, 3.63) is 39.7 Å². The number of rotatable bonds is 6. The molecule has 1 atom stereocenters. The Hall–Kier alpha value is -1.53. The number of likely N-dealkylation sites (N-methyl/N-ethyl adjacent to an activating group) is 1. The third-order valence-electron chi connectivity index (χ3n) is 2.80. The van der Waals surface area contributed by atoms with Crippen LogP contribution >= 0.6 is 0 Å². The normalized spacial score (nSPS) is 12.7. The minimum absolute atomic E-state index is 0.188. The van der Waals surface area contributed by atoms with E-state index in [9.17, 15) is 14.5 Å². The van der Waals surface area contributed by atoms with Crippen LogP contribution in [0.4, 0.5) is 10.1 Å². The second kappa shape index (κ2) is 6.42. The van der Waals surface area contributed by atoms with Crippen molar-refractivity contribution in [2.75, 3.05) is 20.8 Å². The van der Waals surface area contributed by atoms with Gasteiger partial charge in [0.2, 0.25) is 5.82 Å². The number of benzene rings is 1. The summed E-state index contributed by atoms with van der Waals surface area (Å²) in [7, 11) is 3.51. The van der Waals surface area contributed by atoms with Crippen molar-refractivity contribution >= 4 is 5.69 Å². The van der Waals surface area contributed by atoms with E-state index in [2.05, 4.69) is 0 Å². The van der Waals surface area contributed by atoms with E-state index in [4.69, 9.17) is 4.74 Å². The average Bonchev–Trinajstić information content (AvgIpc) is 2.28. The van der Waals surface area contributed by atoms with Gasteiger partial charge < -0.3 is 4.74 Å². The van der Waals surface area contributed by atoms with Crippen molar-refractivity contribution in [1.82, 2.24) is 4.90 Å². The first kappa shape index (κ1) is 14.5. The third kappa shape index (κ3) is 3.75. The molecule has 0 bridgehead atoms. The van der Waals surface area contributed by atoms with Gasteiger partial charge in [0.15, 0.2) is 0 Å². The average molecular weight is 256 g/mol. The lowest BCUT2D eigenvalue weighted by molar-refractivity contribution is -0.387. The van der Waals surface area contributed by atoms with E-state index in [1.54, 1.807) is 13.2 Å². The van der Waals surface area contributed by atoms with E-state index < -0.39 is 16.4 Å². The van der Waals surface area contributed by atoms with Gasteiger partial charge in [0.25, 0.3) is 0 Å². The zero-order chi connectivity index (χ0) is 13.7. The molecule has 0 radical (unpaired) electrons. The van der Waals surface area contributed by atoms with Crippen molar-refractivity contribution in [2.45, 2.75) is 19.5 Å². The maximum atomic E-state index is 13.4. The largest absolute Gasteiger partial charge is 0.383 e. The molecule has 1 unspecified atom stereocenters. The molecule has 0 aliphatic heterocycles. The first-order valence-corrected chi connectivity index (χ1v) is 5.57. The van der Waals surface area contributed by atoms with E-state index in [0.29, 0.717) is 18.7 Å². The monoisotopic (exact) mass is 256 g/mol. The fourth-order valence-corrected chi connectivity index (χ4v) is 1.61. The van der Waals surface area contributed by atoms with E-state index in [1.807, 2.05) is 18.9 Å². The summed E-state index contributed by atoms with van der Waals surface area (Å²) in [5, 5.41) is 10.5. The zero-order valence-corrected chi connectivity index (χ0v) is 10.7. The van der Waals surface area contributed by atoms with Crippen LogP contribution in [-0.2, 0) is 11.3 Å². The molecule has 18 heavy (non-hydrogen) atoms. The molecule has 0 spiro atoms. The maximum Gasteiger partial charge on any atom is 0.304 e. The molecule has 0 aromatic heterocycles. The molecule has 6 heteroatoms. The van der Waals surface area contributed by atoms with Crippen LogP contribution in [0.15, 0.2) is 18.2 Å². The molecule has 1 rings (SSSR count). The van der Waals surface area contributed by atoms with E-state index in [1.165, 1.54) is 12.1 Å². The summed E-state index contributed by atoms with van der Waals surface area (Å²) < 4.78 is 18.4. The maximum absolute atomic E-state index is 13.4. The fraction of sp³-hybridized carbons (Fsp3) is 0.500. The lowest BCUT2D eigenvalue weighted by atomic mass is 10.1. The molecule has 1 aromatic carbocycles. The highest BCUT2D eigenvalue weighted by atomic mass is 19.1. The van der Waals surface area contributed by atoms with Gasteiger partial charge in [0, 0.05) is 25.8 Å². The second-order valence-electron chi connectivity index (χ2n) is 4.26. The minimum Gasteiger partial charge on any atom is -0.383 e. The Morgan fingerprint density at radius 3 is 2.72 bits per heavy atom. The summed E-state index contributed by atoms with van der Waals surface area (Å²) in [6.45, 7) is 3.08. The molecule has 0 fully saturated rings. The summed E-state index contributed by atoms with van der Waals surface area (Å²) in [4.78, 5) is 11.8. The Morgan fingerprint density at radius 1 is 1.56 bits per heavy atom. The summed E-state index contributed by atoms with van der Waals surface area (Å²) in [5.41, 5.74) is 0.204. The van der Waals surface area contributed by atoms with Gasteiger partial charge in [-0.05, 0) is 25.6 Å². The number of nitro benzene ring substituents is 1. The highest BCUT2D eigenvalue weighted by Crippen LogP contribution is 2.19. The van der Waals surface area contributed by atoms with E-state index in [0.717, 1.165) is 0 Å². The number of nitro groups is 1. The Labute approximate surface area is 105 Å². The van der Waals surface area contributed by atoms with Gasteiger partial charge in [-0.2, -0.15) is 4.39 Å². The molecule has 5 nitrogen and oxygen atoms in total. The summed E-state index contributed by atoms with van der Waals surface area (Å²) in [6.07, 6.45) is 0. The molecule has 0 heterocycles. The van der Waals surface area contributed by atoms with Gasteiger partial charge in [-0.15, -0.1) is 0 Å². The third-order valence-corrected chi connectivity index (χ3v) is 2.80. The molecule has 0 amide bonds. The minimum atomic E-state index is -0.801. The van der Waals surface area contributed by atoms with Crippen LogP contribution in [-0.4, -0.2) is 36.6 Å². The lowest BCUT2D eigenvalue weighted by Crippen LogP contribution is -2.32. The molecule has 0 saturated heterocycles. The number of nitrogens with zero attached hydrogens (tertiary/aromatic N) is 2. The fourth-order valence-electron chi connectivity index (χ4n) is 1.61. The van der Waals surface area contributed by atoms with Gasteiger partial charge in [-0.1, -0.05) is 6.07 Å². The van der Waals surface area contributed by atoms with Crippen molar-refractivity contribution in [2.24, 2.45) is 0 Å². The van der Waals surface area contributed by atoms with Crippen LogP contribution in [0.1, 0.15) is 12.5 Å². The molecular weight excluding hydrogens is 239 g/mol. The number of hydrogen-bond acceptors (Lipinski definition) is 4. The van der Waals surface area contributed by atoms with E-state index >= 15 is 0 Å². The predicted octanol–water partition coefficient (Wildman–Crippen LogP) is 2.20. The summed E-state index contributed by atoms with van der Waals surface area (Å²) in [6, 6.07) is 4.15. The van der Waals surface area contributed by atoms with Crippen molar-refractivity contribution < 1.29 is 14.1 Å². The summed E-state index contributed by atoms with van der Waals surface area (Å²) in [5.74, 6) is -0.801. The first-order valence-electron chi connectivity index (χ1n) is 5.57. The first-order chi connectivity index (χ1) is 8.45. The molecule has 0 N–H and O–H groups in total. The van der Waals surface area contributed by atoms with Crippen molar-refractivity contribution in [1.29, 1.82) is 0 Å². The van der Waals surface area contributed by atoms with E-state index in [-0.39, 0.29) is 6.04 Å². The van der Waals surface area contributed by atoms with Gasteiger partial charge in [0.1, 0.15) is 0 Å². The number of methoxy groups -OCH3 is 1. The smallest absolute Gasteiger partial charge is 0.304 e.